The Bertz CT molecular complexity index is 134. The van der Waals surface area contributed by atoms with Gasteiger partial charge < -0.3 is 4.80 Å². The van der Waals surface area contributed by atoms with E-state index < -0.39 is 0 Å². The lowest BCUT2D eigenvalue weighted by atomic mass is 9.83. The van der Waals surface area contributed by atoms with Gasteiger partial charge in [-0.1, -0.05) is 59.3 Å². The van der Waals surface area contributed by atoms with E-state index in [1.165, 1.54) is 51.4 Å². The van der Waals surface area contributed by atoms with Crippen molar-refractivity contribution in [2.45, 2.75) is 78.2 Å². The van der Waals surface area contributed by atoms with Crippen LogP contribution in [-0.4, -0.2) is 14.6 Å². The summed E-state index contributed by atoms with van der Waals surface area (Å²) in [6.45, 7) is 7.06. The van der Waals surface area contributed by atoms with E-state index in [1.54, 1.807) is 0 Å². The van der Waals surface area contributed by atoms with Crippen molar-refractivity contribution >= 4 is 9.76 Å². The molecule has 1 nitrogen and oxygen atoms in total. The van der Waals surface area contributed by atoms with Crippen LogP contribution >= 0.6 is 0 Å². The van der Waals surface area contributed by atoms with Crippen LogP contribution in [0.5, 0.6) is 0 Å². The van der Waals surface area contributed by atoms with Crippen LogP contribution in [0.3, 0.4) is 0 Å². The van der Waals surface area contributed by atoms with Crippen molar-refractivity contribution in [2.75, 3.05) is 0 Å². The normalized spacial score (nSPS) is 12.0. The summed E-state index contributed by atoms with van der Waals surface area (Å²) >= 11 is 0. The van der Waals surface area contributed by atoms with E-state index in [0.717, 1.165) is 6.04 Å². The molecule has 0 bridgehead atoms. The van der Waals surface area contributed by atoms with Gasteiger partial charge in [0.15, 0.2) is 0 Å². The second kappa shape index (κ2) is 9.41. The van der Waals surface area contributed by atoms with E-state index in [0.29, 0.717) is 5.41 Å². The SMILES string of the molecule is CCCC(C)(C)CCCCCCC[Si]O. The van der Waals surface area contributed by atoms with Crippen LogP contribution in [0, 0.1) is 5.41 Å². The van der Waals surface area contributed by atoms with Gasteiger partial charge in [-0.05, 0) is 24.3 Å². The predicted molar refractivity (Wildman–Crippen MR) is 69.2 cm³/mol. The highest BCUT2D eigenvalue weighted by molar-refractivity contribution is 6.25. The van der Waals surface area contributed by atoms with Gasteiger partial charge in [0.25, 0.3) is 0 Å². The fraction of sp³-hybridized carbons (Fsp3) is 1.00. The zero-order valence-corrected chi connectivity index (χ0v) is 11.8. The van der Waals surface area contributed by atoms with Crippen LogP contribution in [0.2, 0.25) is 6.04 Å². The summed E-state index contributed by atoms with van der Waals surface area (Å²) in [4.78, 5) is 8.66. The maximum absolute atomic E-state index is 8.66. The smallest absolute Gasteiger partial charge is 0.224 e. The zero-order valence-electron chi connectivity index (χ0n) is 10.8. The van der Waals surface area contributed by atoms with Crippen molar-refractivity contribution in [1.29, 1.82) is 0 Å². The zero-order chi connectivity index (χ0) is 11.6. The number of hydrogen-bond acceptors (Lipinski definition) is 1. The summed E-state index contributed by atoms with van der Waals surface area (Å²) in [6, 6.07) is 1.02. The summed E-state index contributed by atoms with van der Waals surface area (Å²) in [6.07, 6.45) is 10.7. The van der Waals surface area contributed by atoms with Crippen LogP contribution in [0.1, 0.15) is 72.1 Å². The van der Waals surface area contributed by atoms with Gasteiger partial charge in [0.2, 0.25) is 9.76 Å². The van der Waals surface area contributed by atoms with Gasteiger partial charge in [0.1, 0.15) is 0 Å². The van der Waals surface area contributed by atoms with Gasteiger partial charge >= 0.3 is 0 Å². The molecule has 0 aromatic heterocycles. The molecule has 0 atom stereocenters. The molecule has 90 valence electrons. The first-order valence-corrected chi connectivity index (χ1v) is 7.65. The summed E-state index contributed by atoms with van der Waals surface area (Å²) in [5, 5.41) is 0. The van der Waals surface area contributed by atoms with E-state index in [2.05, 4.69) is 20.8 Å². The van der Waals surface area contributed by atoms with Gasteiger partial charge in [-0.25, -0.2) is 0 Å². The van der Waals surface area contributed by atoms with E-state index in [1.807, 2.05) is 0 Å². The Balaban J connectivity index is 3.22. The Kier molecular flexibility index (Phi) is 9.52. The molecule has 0 saturated heterocycles. The van der Waals surface area contributed by atoms with Crippen LogP contribution in [-0.2, 0) is 0 Å². The molecule has 0 fully saturated rings. The molecule has 0 spiro atoms. The third-order valence-corrected chi connectivity index (χ3v) is 3.65. The molecule has 0 heterocycles. The molecular formula is C13H28OSi. The van der Waals surface area contributed by atoms with Crippen LogP contribution in [0.4, 0.5) is 0 Å². The minimum absolute atomic E-state index is 0.161. The van der Waals surface area contributed by atoms with Crippen molar-refractivity contribution in [3.8, 4) is 0 Å². The summed E-state index contributed by atoms with van der Waals surface area (Å²) in [5.41, 5.74) is 0.557. The largest absolute Gasteiger partial charge is 0.432 e. The molecule has 0 unspecified atom stereocenters. The first kappa shape index (κ1) is 15.2. The molecule has 15 heavy (non-hydrogen) atoms. The fourth-order valence-electron chi connectivity index (χ4n) is 2.14. The molecule has 0 aliphatic rings. The van der Waals surface area contributed by atoms with Crippen LogP contribution in [0.15, 0.2) is 0 Å². The van der Waals surface area contributed by atoms with Crippen molar-refractivity contribution in [1.82, 2.24) is 0 Å². The lowest BCUT2D eigenvalue weighted by Gasteiger charge is -2.23. The third-order valence-electron chi connectivity index (χ3n) is 3.07. The molecule has 0 saturated carbocycles. The molecule has 0 rings (SSSR count). The highest BCUT2D eigenvalue weighted by Crippen LogP contribution is 2.29. The maximum Gasteiger partial charge on any atom is 0.224 e. The Morgan fingerprint density at radius 1 is 0.933 bits per heavy atom. The first-order chi connectivity index (χ1) is 7.12. The lowest BCUT2D eigenvalue weighted by molar-refractivity contribution is 0.291. The van der Waals surface area contributed by atoms with E-state index in [4.69, 9.17) is 4.80 Å². The van der Waals surface area contributed by atoms with Crippen molar-refractivity contribution in [3.05, 3.63) is 0 Å². The molecule has 0 aliphatic heterocycles. The second-order valence-electron chi connectivity index (χ2n) is 5.34. The number of hydrogen-bond donors (Lipinski definition) is 1. The monoisotopic (exact) mass is 228 g/mol. The molecule has 2 radical (unpaired) electrons. The Morgan fingerprint density at radius 2 is 1.53 bits per heavy atom. The van der Waals surface area contributed by atoms with Gasteiger partial charge in [0, 0.05) is 0 Å². The van der Waals surface area contributed by atoms with Gasteiger partial charge in [-0.2, -0.15) is 0 Å². The Morgan fingerprint density at radius 3 is 2.13 bits per heavy atom. The molecule has 2 heteroatoms. The quantitative estimate of drug-likeness (QED) is 0.439. The van der Waals surface area contributed by atoms with Crippen molar-refractivity contribution in [3.63, 3.8) is 0 Å². The average molecular weight is 228 g/mol. The highest BCUT2D eigenvalue weighted by Gasteiger charge is 2.15. The molecule has 0 amide bonds. The van der Waals surface area contributed by atoms with Gasteiger partial charge in [-0.3, -0.25) is 0 Å². The van der Waals surface area contributed by atoms with Crippen molar-refractivity contribution in [2.24, 2.45) is 5.41 Å². The van der Waals surface area contributed by atoms with Crippen molar-refractivity contribution < 1.29 is 4.80 Å². The highest BCUT2D eigenvalue weighted by atomic mass is 28.2. The summed E-state index contributed by atoms with van der Waals surface area (Å²) in [7, 11) is 0.161. The maximum atomic E-state index is 8.66. The van der Waals surface area contributed by atoms with E-state index in [-0.39, 0.29) is 9.76 Å². The second-order valence-corrected chi connectivity index (χ2v) is 6.16. The van der Waals surface area contributed by atoms with E-state index in [9.17, 15) is 0 Å². The minimum Gasteiger partial charge on any atom is -0.432 e. The van der Waals surface area contributed by atoms with Gasteiger partial charge in [-0.15, -0.1) is 0 Å². The standard InChI is InChI=1S/C13H28OSi/c1-4-10-13(2,3)11-8-6-5-7-9-12-15-14/h14H,4-12H2,1-3H3. The molecular weight excluding hydrogens is 200 g/mol. The third kappa shape index (κ3) is 10.5. The van der Waals surface area contributed by atoms with E-state index >= 15 is 0 Å². The number of unbranched alkanes of at least 4 members (excludes halogenated alkanes) is 4. The summed E-state index contributed by atoms with van der Waals surface area (Å²) in [5.74, 6) is 0. The Hall–Kier alpha value is 0.177. The Labute approximate surface area is 98.6 Å². The topological polar surface area (TPSA) is 20.2 Å². The van der Waals surface area contributed by atoms with Crippen LogP contribution < -0.4 is 0 Å². The fourth-order valence-corrected chi connectivity index (χ4v) is 2.55. The molecule has 0 aliphatic carbocycles. The average Bonchev–Trinajstić information content (AvgIpc) is 2.16. The summed E-state index contributed by atoms with van der Waals surface area (Å²) < 4.78 is 0. The van der Waals surface area contributed by atoms with Gasteiger partial charge in [0.05, 0.1) is 0 Å². The minimum atomic E-state index is 0.161. The first-order valence-electron chi connectivity index (χ1n) is 6.49. The lowest BCUT2D eigenvalue weighted by Crippen LogP contribution is -2.10. The number of rotatable bonds is 10. The molecule has 0 aromatic rings. The molecule has 0 aromatic carbocycles. The predicted octanol–water partition coefficient (Wildman–Crippen LogP) is 4.18. The molecule has 1 N–H and O–H groups in total. The van der Waals surface area contributed by atoms with Crippen LogP contribution in [0.25, 0.3) is 0 Å².